The number of likely N-dealkylation sites (N-methyl/N-ethyl adjacent to an activating group) is 1. The lowest BCUT2D eigenvalue weighted by molar-refractivity contribution is 0.120. The summed E-state index contributed by atoms with van der Waals surface area (Å²) in [7, 11) is 2.01. The fourth-order valence-electron chi connectivity index (χ4n) is 1.56. The monoisotopic (exact) mass is 276 g/mol. The minimum absolute atomic E-state index is 0.335. The molecule has 0 radical (unpaired) electrons. The highest BCUT2D eigenvalue weighted by molar-refractivity contribution is 7.16. The molecule has 0 aliphatic heterocycles. The average Bonchev–Trinajstić information content (AvgIpc) is 2.60. The van der Waals surface area contributed by atoms with Crippen molar-refractivity contribution in [2.24, 2.45) is 0 Å². The van der Waals surface area contributed by atoms with E-state index >= 15 is 0 Å². The molecule has 1 aromatic heterocycles. The van der Waals surface area contributed by atoms with Crippen LogP contribution in [-0.4, -0.2) is 42.3 Å². The van der Waals surface area contributed by atoms with Gasteiger partial charge in [-0.2, -0.15) is 0 Å². The Bertz CT molecular complexity index is 330. The molecule has 98 valence electrons. The van der Waals surface area contributed by atoms with E-state index in [1.54, 1.807) is 11.3 Å². The number of rotatable bonds is 7. The zero-order valence-electron chi connectivity index (χ0n) is 10.6. The van der Waals surface area contributed by atoms with Crippen LogP contribution >= 0.6 is 22.9 Å². The van der Waals surface area contributed by atoms with Crippen LogP contribution in [0.25, 0.3) is 0 Å². The number of nitrogens with one attached hydrogen (secondary N) is 1. The Labute approximate surface area is 112 Å². The largest absolute Gasteiger partial charge is 0.390 e. The van der Waals surface area contributed by atoms with Gasteiger partial charge in [0.25, 0.3) is 0 Å². The fraction of sp³-hybridized carbons (Fsp3) is 0.667. The van der Waals surface area contributed by atoms with Gasteiger partial charge in [-0.1, -0.05) is 25.4 Å². The maximum atomic E-state index is 9.82. The molecular weight excluding hydrogens is 256 g/mol. The normalized spacial score (nSPS) is 13.6. The number of aliphatic hydroxyl groups excluding tert-OH is 1. The van der Waals surface area contributed by atoms with Crippen LogP contribution in [0.3, 0.4) is 0 Å². The highest BCUT2D eigenvalue weighted by Gasteiger charge is 2.09. The summed E-state index contributed by atoms with van der Waals surface area (Å²) < 4.78 is 0.815. The molecule has 5 heteroatoms. The van der Waals surface area contributed by atoms with E-state index in [4.69, 9.17) is 11.6 Å². The lowest BCUT2D eigenvalue weighted by atomic mass is 10.3. The SMILES string of the molecule is CC(C)NCC(O)CN(C)Cc1ccc(Cl)s1. The zero-order chi connectivity index (χ0) is 12.8. The second-order valence-corrected chi connectivity index (χ2v) is 6.42. The van der Waals surface area contributed by atoms with Gasteiger partial charge < -0.3 is 10.4 Å². The first-order valence-electron chi connectivity index (χ1n) is 5.81. The maximum Gasteiger partial charge on any atom is 0.0931 e. The molecule has 1 heterocycles. The van der Waals surface area contributed by atoms with E-state index in [1.807, 2.05) is 19.2 Å². The first-order valence-corrected chi connectivity index (χ1v) is 7.01. The molecule has 0 saturated carbocycles. The van der Waals surface area contributed by atoms with E-state index in [9.17, 15) is 5.11 Å². The fourth-order valence-corrected chi connectivity index (χ4v) is 2.73. The number of hydrogen-bond acceptors (Lipinski definition) is 4. The third kappa shape index (κ3) is 6.38. The van der Waals surface area contributed by atoms with Crippen molar-refractivity contribution in [3.05, 3.63) is 21.3 Å². The molecule has 0 aliphatic carbocycles. The van der Waals surface area contributed by atoms with Gasteiger partial charge in [-0.25, -0.2) is 0 Å². The van der Waals surface area contributed by atoms with Crippen LogP contribution in [0, 0.1) is 0 Å². The van der Waals surface area contributed by atoms with Gasteiger partial charge in [0.2, 0.25) is 0 Å². The second kappa shape index (κ2) is 7.34. The van der Waals surface area contributed by atoms with Gasteiger partial charge in [0.05, 0.1) is 10.4 Å². The van der Waals surface area contributed by atoms with E-state index in [0.717, 1.165) is 10.9 Å². The van der Waals surface area contributed by atoms with Gasteiger partial charge >= 0.3 is 0 Å². The van der Waals surface area contributed by atoms with E-state index in [0.29, 0.717) is 19.1 Å². The molecule has 0 bridgehead atoms. The molecule has 1 atom stereocenters. The maximum absolute atomic E-state index is 9.82. The molecule has 1 aromatic rings. The molecule has 0 fully saturated rings. The summed E-state index contributed by atoms with van der Waals surface area (Å²) in [6.07, 6.45) is -0.335. The summed E-state index contributed by atoms with van der Waals surface area (Å²) in [5.41, 5.74) is 0. The Morgan fingerprint density at radius 2 is 2.18 bits per heavy atom. The van der Waals surface area contributed by atoms with Crippen molar-refractivity contribution < 1.29 is 5.11 Å². The number of thiophene rings is 1. The van der Waals surface area contributed by atoms with Crippen molar-refractivity contribution >= 4 is 22.9 Å². The average molecular weight is 277 g/mol. The smallest absolute Gasteiger partial charge is 0.0931 e. The van der Waals surface area contributed by atoms with Gasteiger partial charge in [0.1, 0.15) is 0 Å². The van der Waals surface area contributed by atoms with Crippen molar-refractivity contribution in [2.75, 3.05) is 20.1 Å². The summed E-state index contributed by atoms with van der Waals surface area (Å²) in [6.45, 7) is 6.27. The Kier molecular flexibility index (Phi) is 6.44. The molecule has 17 heavy (non-hydrogen) atoms. The molecular formula is C12H21ClN2OS. The van der Waals surface area contributed by atoms with E-state index in [-0.39, 0.29) is 6.10 Å². The van der Waals surface area contributed by atoms with Crippen molar-refractivity contribution in [3.63, 3.8) is 0 Å². The predicted molar refractivity (Wildman–Crippen MR) is 74.8 cm³/mol. The first kappa shape index (κ1) is 14.9. The molecule has 2 N–H and O–H groups in total. The van der Waals surface area contributed by atoms with Crippen LogP contribution in [-0.2, 0) is 6.54 Å². The minimum atomic E-state index is -0.335. The Morgan fingerprint density at radius 3 is 2.71 bits per heavy atom. The van der Waals surface area contributed by atoms with Crippen LogP contribution in [0.5, 0.6) is 0 Å². The van der Waals surface area contributed by atoms with Gasteiger partial charge in [-0.3, -0.25) is 4.90 Å². The van der Waals surface area contributed by atoms with E-state index in [2.05, 4.69) is 24.1 Å². The Hall–Kier alpha value is -0.130. The molecule has 1 rings (SSSR count). The summed E-state index contributed by atoms with van der Waals surface area (Å²) >= 11 is 7.46. The predicted octanol–water partition coefficient (Wildman–Crippen LogP) is 2.19. The Morgan fingerprint density at radius 1 is 1.47 bits per heavy atom. The lowest BCUT2D eigenvalue weighted by Gasteiger charge is -2.21. The topological polar surface area (TPSA) is 35.5 Å². The summed E-state index contributed by atoms with van der Waals surface area (Å²) in [4.78, 5) is 3.33. The van der Waals surface area contributed by atoms with Crippen molar-refractivity contribution in [3.8, 4) is 0 Å². The summed E-state index contributed by atoms with van der Waals surface area (Å²) in [6, 6.07) is 4.35. The minimum Gasteiger partial charge on any atom is -0.390 e. The first-order chi connectivity index (χ1) is 7.97. The van der Waals surface area contributed by atoms with Gasteiger partial charge in [0.15, 0.2) is 0 Å². The third-order valence-corrected chi connectivity index (χ3v) is 3.55. The van der Waals surface area contributed by atoms with Crippen molar-refractivity contribution in [1.82, 2.24) is 10.2 Å². The van der Waals surface area contributed by atoms with Gasteiger partial charge in [0, 0.05) is 30.6 Å². The molecule has 1 unspecified atom stereocenters. The van der Waals surface area contributed by atoms with Gasteiger partial charge in [-0.05, 0) is 19.2 Å². The summed E-state index contributed by atoms with van der Waals surface area (Å²) in [5.74, 6) is 0. The van der Waals surface area contributed by atoms with Gasteiger partial charge in [-0.15, -0.1) is 11.3 Å². The van der Waals surface area contributed by atoms with E-state index < -0.39 is 0 Å². The highest BCUT2D eigenvalue weighted by Crippen LogP contribution is 2.22. The lowest BCUT2D eigenvalue weighted by Crippen LogP contribution is -2.38. The number of halogens is 1. The molecule has 0 aromatic carbocycles. The number of aliphatic hydroxyl groups is 1. The van der Waals surface area contributed by atoms with Crippen molar-refractivity contribution in [1.29, 1.82) is 0 Å². The molecule has 3 nitrogen and oxygen atoms in total. The van der Waals surface area contributed by atoms with Crippen LogP contribution in [0.15, 0.2) is 12.1 Å². The van der Waals surface area contributed by atoms with Crippen molar-refractivity contribution in [2.45, 2.75) is 32.5 Å². The highest BCUT2D eigenvalue weighted by atomic mass is 35.5. The number of hydrogen-bond donors (Lipinski definition) is 2. The standard InChI is InChI=1S/C12H21ClN2OS/c1-9(2)14-6-10(16)7-15(3)8-11-4-5-12(13)17-11/h4-5,9-10,14,16H,6-8H2,1-3H3. The Balaban J connectivity index is 2.26. The number of nitrogens with zero attached hydrogens (tertiary/aromatic N) is 1. The quantitative estimate of drug-likeness (QED) is 0.801. The third-order valence-electron chi connectivity index (χ3n) is 2.34. The van der Waals surface area contributed by atoms with Crippen LogP contribution < -0.4 is 5.32 Å². The molecule has 0 spiro atoms. The molecule has 0 aliphatic rings. The van der Waals surface area contributed by atoms with Crippen LogP contribution in [0.4, 0.5) is 0 Å². The molecule has 0 saturated heterocycles. The van der Waals surface area contributed by atoms with Crippen LogP contribution in [0.2, 0.25) is 4.34 Å². The van der Waals surface area contributed by atoms with Crippen LogP contribution in [0.1, 0.15) is 18.7 Å². The van der Waals surface area contributed by atoms with E-state index in [1.165, 1.54) is 4.88 Å². The summed E-state index contributed by atoms with van der Waals surface area (Å²) in [5, 5.41) is 13.0. The zero-order valence-corrected chi connectivity index (χ0v) is 12.2. The second-order valence-electron chi connectivity index (χ2n) is 4.62. The molecule has 0 amide bonds.